The molecule has 0 aromatic carbocycles. The third-order valence-electron chi connectivity index (χ3n) is 3.93. The maximum Gasteiger partial charge on any atom is 0.336 e. The van der Waals surface area contributed by atoms with E-state index >= 15 is 0 Å². The lowest BCUT2D eigenvalue weighted by atomic mass is 10.0. The Labute approximate surface area is 128 Å². The first-order chi connectivity index (χ1) is 10.6. The molecule has 3 N–H and O–H groups in total. The highest BCUT2D eigenvalue weighted by Gasteiger charge is 2.31. The molecule has 3 rings (SSSR count). The average Bonchev–Trinajstić information content (AvgIpc) is 2.55. The molecule has 0 amide bonds. The summed E-state index contributed by atoms with van der Waals surface area (Å²) in [4.78, 5) is 23.9. The van der Waals surface area contributed by atoms with Crippen LogP contribution in [0.25, 0.3) is 0 Å². The summed E-state index contributed by atoms with van der Waals surface area (Å²) < 4.78 is 0. The Bertz CT molecular complexity index is 612. The molecule has 0 spiro atoms. The minimum Gasteiger partial charge on any atom is -0.478 e. The van der Waals surface area contributed by atoms with Crippen molar-refractivity contribution in [3.63, 3.8) is 0 Å². The summed E-state index contributed by atoms with van der Waals surface area (Å²) in [6, 6.07) is 0. The number of aromatic nitrogens is 2. The van der Waals surface area contributed by atoms with Crippen molar-refractivity contribution in [3.8, 4) is 0 Å². The number of carboxylic acids is 1. The molecule has 2 aliphatic rings. The van der Waals surface area contributed by atoms with Gasteiger partial charge in [-0.3, -0.25) is 0 Å². The van der Waals surface area contributed by atoms with Gasteiger partial charge in [-0.05, 0) is 6.92 Å². The summed E-state index contributed by atoms with van der Waals surface area (Å²) in [5.41, 5.74) is 0.369. The fourth-order valence-corrected chi connectivity index (χ4v) is 2.69. The van der Waals surface area contributed by atoms with Crippen LogP contribution in [0.2, 0.25) is 0 Å². The third kappa shape index (κ3) is 2.51. The normalized spacial score (nSPS) is 21.4. The molecular formula is C14H19N5O3. The monoisotopic (exact) mass is 305 g/mol. The van der Waals surface area contributed by atoms with Gasteiger partial charge in [0, 0.05) is 50.7 Å². The topological polar surface area (TPSA) is 102 Å². The Morgan fingerprint density at radius 1 is 1.45 bits per heavy atom. The Morgan fingerprint density at radius 3 is 2.82 bits per heavy atom. The van der Waals surface area contributed by atoms with E-state index < -0.39 is 12.1 Å². The highest BCUT2D eigenvalue weighted by atomic mass is 16.4. The van der Waals surface area contributed by atoms with Gasteiger partial charge in [0.15, 0.2) is 0 Å². The summed E-state index contributed by atoms with van der Waals surface area (Å²) in [5.74, 6) is 0.0457. The second kappa shape index (κ2) is 5.90. The Morgan fingerprint density at radius 2 is 2.18 bits per heavy atom. The molecule has 118 valence electrons. The van der Waals surface area contributed by atoms with Gasteiger partial charge in [0.2, 0.25) is 5.95 Å². The lowest BCUT2D eigenvalue weighted by Gasteiger charge is -2.32. The molecule has 1 atom stereocenters. The van der Waals surface area contributed by atoms with Crippen LogP contribution < -0.4 is 15.1 Å². The van der Waals surface area contributed by atoms with Gasteiger partial charge >= 0.3 is 5.97 Å². The number of piperazine rings is 1. The van der Waals surface area contributed by atoms with Gasteiger partial charge in [-0.1, -0.05) is 0 Å². The van der Waals surface area contributed by atoms with E-state index in [0.717, 1.165) is 26.2 Å². The average molecular weight is 305 g/mol. The van der Waals surface area contributed by atoms with E-state index in [-0.39, 0.29) is 5.57 Å². The van der Waals surface area contributed by atoms with Crippen LogP contribution in [0.4, 0.5) is 11.8 Å². The summed E-state index contributed by atoms with van der Waals surface area (Å²) in [6.07, 6.45) is 1.78. The predicted octanol–water partition coefficient (Wildman–Crippen LogP) is -0.272. The first-order valence-corrected chi connectivity index (χ1v) is 7.34. The van der Waals surface area contributed by atoms with Crippen molar-refractivity contribution in [1.29, 1.82) is 0 Å². The van der Waals surface area contributed by atoms with E-state index in [0.29, 0.717) is 23.9 Å². The van der Waals surface area contributed by atoms with E-state index in [4.69, 9.17) is 0 Å². The maximum absolute atomic E-state index is 11.2. The van der Waals surface area contributed by atoms with Crippen LogP contribution in [0.15, 0.2) is 18.0 Å². The number of hydrogen-bond acceptors (Lipinski definition) is 7. The van der Waals surface area contributed by atoms with Gasteiger partial charge in [-0.25, -0.2) is 9.78 Å². The molecule has 1 aromatic rings. The minimum absolute atomic E-state index is 0.0622. The number of rotatable bonds is 3. The summed E-state index contributed by atoms with van der Waals surface area (Å²) in [7, 11) is 0. The standard InChI is InChI=1S/C14H19N5O3/c1-2-18-8-10(13(21)22)11(20)9-7-16-14(17-12(9)18)19-5-3-15-4-6-19/h7-8,11,15,20H,2-6H2,1H3,(H,21,22). The van der Waals surface area contributed by atoms with Crippen molar-refractivity contribution in [2.24, 2.45) is 0 Å². The van der Waals surface area contributed by atoms with Crippen LogP contribution >= 0.6 is 0 Å². The van der Waals surface area contributed by atoms with E-state index in [1.807, 2.05) is 6.92 Å². The molecule has 0 saturated carbocycles. The van der Waals surface area contributed by atoms with E-state index in [1.165, 1.54) is 12.4 Å². The number of aliphatic hydroxyl groups is 1. The zero-order valence-corrected chi connectivity index (χ0v) is 12.4. The number of nitrogens with one attached hydrogen (secondary N) is 1. The van der Waals surface area contributed by atoms with Crippen LogP contribution in [0, 0.1) is 0 Å². The van der Waals surface area contributed by atoms with Gasteiger partial charge in [-0.15, -0.1) is 0 Å². The van der Waals surface area contributed by atoms with Gasteiger partial charge in [0.1, 0.15) is 11.9 Å². The second-order valence-corrected chi connectivity index (χ2v) is 5.26. The van der Waals surface area contributed by atoms with Crippen molar-refractivity contribution in [2.75, 3.05) is 42.5 Å². The van der Waals surface area contributed by atoms with Crippen LogP contribution in [-0.4, -0.2) is 58.9 Å². The fraction of sp³-hybridized carbons (Fsp3) is 0.500. The quantitative estimate of drug-likeness (QED) is 0.701. The molecule has 8 heteroatoms. The summed E-state index contributed by atoms with van der Waals surface area (Å²) >= 11 is 0. The van der Waals surface area contributed by atoms with Crippen LogP contribution in [0.1, 0.15) is 18.6 Å². The van der Waals surface area contributed by atoms with Gasteiger partial charge in [0.05, 0.1) is 5.57 Å². The van der Waals surface area contributed by atoms with Gasteiger partial charge in [-0.2, -0.15) is 4.98 Å². The number of carboxylic acid groups (broad SMARTS) is 1. The molecule has 3 heterocycles. The second-order valence-electron chi connectivity index (χ2n) is 5.26. The number of anilines is 2. The number of aliphatic hydroxyl groups excluding tert-OH is 1. The van der Waals surface area contributed by atoms with Crippen LogP contribution in [-0.2, 0) is 4.79 Å². The molecule has 1 saturated heterocycles. The smallest absolute Gasteiger partial charge is 0.336 e. The third-order valence-corrected chi connectivity index (χ3v) is 3.93. The highest BCUT2D eigenvalue weighted by Crippen LogP contribution is 2.35. The molecule has 8 nitrogen and oxygen atoms in total. The first kappa shape index (κ1) is 14.7. The van der Waals surface area contributed by atoms with E-state index in [2.05, 4.69) is 20.2 Å². The summed E-state index contributed by atoms with van der Waals surface area (Å²) in [6.45, 7) is 5.87. The van der Waals surface area contributed by atoms with Gasteiger partial charge in [0.25, 0.3) is 0 Å². The molecule has 1 unspecified atom stereocenters. The number of hydrogen-bond donors (Lipinski definition) is 3. The largest absolute Gasteiger partial charge is 0.478 e. The zero-order chi connectivity index (χ0) is 15.7. The number of fused-ring (bicyclic) bond motifs is 1. The van der Waals surface area contributed by atoms with E-state index in [1.54, 1.807) is 4.90 Å². The Hall–Kier alpha value is -2.19. The summed E-state index contributed by atoms with van der Waals surface area (Å²) in [5, 5.41) is 22.7. The maximum atomic E-state index is 11.2. The minimum atomic E-state index is -1.20. The zero-order valence-electron chi connectivity index (χ0n) is 12.4. The predicted molar refractivity (Wildman–Crippen MR) is 80.8 cm³/mol. The van der Waals surface area contributed by atoms with Crippen molar-refractivity contribution >= 4 is 17.7 Å². The highest BCUT2D eigenvalue weighted by molar-refractivity contribution is 5.90. The molecule has 22 heavy (non-hydrogen) atoms. The molecule has 0 bridgehead atoms. The van der Waals surface area contributed by atoms with Gasteiger partial charge < -0.3 is 25.3 Å². The first-order valence-electron chi connectivity index (χ1n) is 7.34. The number of carbonyl (C=O) groups is 1. The lowest BCUT2D eigenvalue weighted by Crippen LogP contribution is -2.44. The molecular weight excluding hydrogens is 286 g/mol. The SMILES string of the molecule is CCN1C=C(C(=O)O)C(O)c2cnc(N3CCNCC3)nc21. The van der Waals surface area contributed by atoms with E-state index in [9.17, 15) is 15.0 Å². The molecule has 0 aliphatic carbocycles. The van der Waals surface area contributed by atoms with Crippen molar-refractivity contribution in [2.45, 2.75) is 13.0 Å². The molecule has 1 aromatic heterocycles. The van der Waals surface area contributed by atoms with Crippen molar-refractivity contribution in [3.05, 3.63) is 23.5 Å². The molecule has 2 aliphatic heterocycles. The molecule has 1 fully saturated rings. The molecule has 0 radical (unpaired) electrons. The van der Waals surface area contributed by atoms with Crippen LogP contribution in [0.5, 0.6) is 0 Å². The Balaban J connectivity index is 1.98. The van der Waals surface area contributed by atoms with Crippen molar-refractivity contribution < 1.29 is 15.0 Å². The lowest BCUT2D eigenvalue weighted by molar-refractivity contribution is -0.133. The number of aliphatic carboxylic acids is 1. The van der Waals surface area contributed by atoms with Crippen LogP contribution in [0.3, 0.4) is 0 Å². The Kier molecular flexibility index (Phi) is 3.95. The fourth-order valence-electron chi connectivity index (χ4n) is 2.69. The van der Waals surface area contributed by atoms with Crippen molar-refractivity contribution in [1.82, 2.24) is 15.3 Å². The number of nitrogens with zero attached hydrogens (tertiary/aromatic N) is 4.